The predicted octanol–water partition coefficient (Wildman–Crippen LogP) is 8.16. The number of rotatable bonds is 8. The van der Waals surface area contributed by atoms with Gasteiger partial charge in [0.2, 0.25) is 0 Å². The number of unbranched alkanes of at least 4 members (excludes halogenated alkanes) is 1. The second-order valence-corrected chi connectivity index (χ2v) is 10.6. The predicted molar refractivity (Wildman–Crippen MR) is 128 cm³/mol. The van der Waals surface area contributed by atoms with E-state index in [1.807, 2.05) is 0 Å². The molecule has 1 aromatic rings. The Morgan fingerprint density at radius 3 is 2.57 bits per heavy atom. The van der Waals surface area contributed by atoms with E-state index in [1.165, 1.54) is 77.0 Å². The zero-order valence-corrected chi connectivity index (χ0v) is 19.6. The molecule has 0 amide bonds. The van der Waals surface area contributed by atoms with E-state index in [2.05, 4.69) is 44.2 Å². The van der Waals surface area contributed by atoms with Crippen molar-refractivity contribution in [1.29, 1.82) is 0 Å². The first-order valence-corrected chi connectivity index (χ1v) is 13.1. The minimum Gasteiger partial charge on any atom is -0.494 e. The van der Waals surface area contributed by atoms with Crippen LogP contribution in [-0.4, -0.2) is 6.61 Å². The Morgan fingerprint density at radius 2 is 1.73 bits per heavy atom. The normalized spacial score (nSPS) is 31.3. The summed E-state index contributed by atoms with van der Waals surface area (Å²) in [6.07, 6.45) is 22.8. The molecule has 3 unspecified atom stereocenters. The topological polar surface area (TPSA) is 9.23 Å². The Hall–Kier alpha value is -1.24. The third-order valence-corrected chi connectivity index (χ3v) is 8.62. The fraction of sp³-hybridized carbons (Fsp3) is 0.724. The third kappa shape index (κ3) is 5.51. The van der Waals surface area contributed by atoms with Gasteiger partial charge in [0, 0.05) is 0 Å². The van der Waals surface area contributed by atoms with Crippen molar-refractivity contribution in [2.24, 2.45) is 29.6 Å². The largest absolute Gasteiger partial charge is 0.494 e. The zero-order valence-electron chi connectivity index (χ0n) is 19.6. The van der Waals surface area contributed by atoms with Crippen molar-refractivity contribution in [3.63, 3.8) is 0 Å². The number of allylic oxidation sites excluding steroid dienone is 2. The molecule has 1 nitrogen and oxygen atoms in total. The molecule has 0 aromatic heterocycles. The lowest BCUT2D eigenvalue weighted by atomic mass is 9.61. The first kappa shape index (κ1) is 22.0. The SMILES string of the molecule is C/C=C/CC[C@@H]1CC[C@@H]2CC(C3CCc4cc(OCCCC)ccc4C3)CCC2C1. The minimum atomic E-state index is 0.860. The van der Waals surface area contributed by atoms with Crippen LogP contribution in [0.3, 0.4) is 0 Å². The van der Waals surface area contributed by atoms with Crippen molar-refractivity contribution >= 4 is 0 Å². The molecule has 3 aliphatic rings. The first-order chi connectivity index (χ1) is 14.8. The molecule has 2 saturated carbocycles. The van der Waals surface area contributed by atoms with Crippen LogP contribution in [-0.2, 0) is 12.8 Å². The standard InChI is InChI=1S/C29H44O/c1-3-5-7-8-22-9-10-24-19-25(12-11-23(24)18-22)26-13-14-28-21-29(30-17-6-4-2)16-15-27(28)20-26/h3,5,15-16,21-26H,4,6-14,17-20H2,1-2H3/b5-3+/t22-,23?,24-,25?,26?/m1/s1. The van der Waals surface area contributed by atoms with E-state index in [9.17, 15) is 0 Å². The molecular formula is C29H44O. The van der Waals surface area contributed by atoms with E-state index in [0.29, 0.717) is 0 Å². The summed E-state index contributed by atoms with van der Waals surface area (Å²) < 4.78 is 5.95. The molecule has 0 heterocycles. The zero-order chi connectivity index (χ0) is 20.8. The number of fused-ring (bicyclic) bond motifs is 2. The summed E-state index contributed by atoms with van der Waals surface area (Å²) in [5.74, 6) is 6.10. The van der Waals surface area contributed by atoms with Crippen molar-refractivity contribution in [3.8, 4) is 5.75 Å². The van der Waals surface area contributed by atoms with Gasteiger partial charge in [-0.3, -0.25) is 0 Å². The van der Waals surface area contributed by atoms with Crippen molar-refractivity contribution in [1.82, 2.24) is 0 Å². The second-order valence-electron chi connectivity index (χ2n) is 10.6. The lowest BCUT2D eigenvalue weighted by molar-refractivity contribution is 0.0699. The van der Waals surface area contributed by atoms with Gasteiger partial charge >= 0.3 is 0 Å². The van der Waals surface area contributed by atoms with Crippen LogP contribution in [0.5, 0.6) is 5.75 Å². The van der Waals surface area contributed by atoms with E-state index in [-0.39, 0.29) is 0 Å². The minimum absolute atomic E-state index is 0.860. The van der Waals surface area contributed by atoms with Gasteiger partial charge in [0.05, 0.1) is 6.61 Å². The lowest BCUT2D eigenvalue weighted by Crippen LogP contribution is -2.35. The average molecular weight is 409 g/mol. The van der Waals surface area contributed by atoms with Gasteiger partial charge in [-0.2, -0.15) is 0 Å². The van der Waals surface area contributed by atoms with Gasteiger partial charge in [-0.05, 0) is 130 Å². The van der Waals surface area contributed by atoms with Crippen molar-refractivity contribution in [2.75, 3.05) is 6.61 Å². The maximum absolute atomic E-state index is 5.95. The Kier molecular flexibility index (Phi) is 7.96. The van der Waals surface area contributed by atoms with Crippen molar-refractivity contribution in [3.05, 3.63) is 41.5 Å². The molecule has 0 radical (unpaired) electrons. The van der Waals surface area contributed by atoms with Gasteiger partial charge in [-0.15, -0.1) is 0 Å². The second kappa shape index (κ2) is 10.9. The summed E-state index contributed by atoms with van der Waals surface area (Å²) in [6, 6.07) is 6.94. The van der Waals surface area contributed by atoms with Gasteiger partial charge in [-0.25, -0.2) is 0 Å². The van der Waals surface area contributed by atoms with Gasteiger partial charge in [-0.1, -0.05) is 38.0 Å². The maximum atomic E-state index is 5.95. The Morgan fingerprint density at radius 1 is 0.933 bits per heavy atom. The number of benzene rings is 1. The van der Waals surface area contributed by atoms with E-state index in [1.54, 1.807) is 11.1 Å². The highest BCUT2D eigenvalue weighted by Crippen LogP contribution is 2.49. The molecule has 3 aliphatic carbocycles. The van der Waals surface area contributed by atoms with Gasteiger partial charge in [0.15, 0.2) is 0 Å². The molecule has 4 rings (SSSR count). The van der Waals surface area contributed by atoms with Crippen LogP contribution in [0.4, 0.5) is 0 Å². The molecule has 0 N–H and O–H groups in total. The van der Waals surface area contributed by atoms with Crippen LogP contribution in [0.1, 0.15) is 95.6 Å². The van der Waals surface area contributed by atoms with Crippen LogP contribution >= 0.6 is 0 Å². The molecular weight excluding hydrogens is 364 g/mol. The smallest absolute Gasteiger partial charge is 0.119 e. The number of hydrogen-bond donors (Lipinski definition) is 0. The summed E-state index contributed by atoms with van der Waals surface area (Å²) >= 11 is 0. The highest BCUT2D eigenvalue weighted by Gasteiger charge is 2.38. The van der Waals surface area contributed by atoms with Crippen molar-refractivity contribution in [2.45, 2.75) is 97.3 Å². The molecule has 1 aromatic carbocycles. The summed E-state index contributed by atoms with van der Waals surface area (Å²) in [5.41, 5.74) is 3.18. The van der Waals surface area contributed by atoms with Gasteiger partial charge in [0.25, 0.3) is 0 Å². The monoisotopic (exact) mass is 408 g/mol. The number of ether oxygens (including phenoxy) is 1. The summed E-state index contributed by atoms with van der Waals surface area (Å²) in [4.78, 5) is 0. The molecule has 30 heavy (non-hydrogen) atoms. The molecule has 0 spiro atoms. The van der Waals surface area contributed by atoms with Crippen LogP contribution in [0.2, 0.25) is 0 Å². The molecule has 1 heteroatoms. The summed E-state index contributed by atoms with van der Waals surface area (Å²) in [7, 11) is 0. The summed E-state index contributed by atoms with van der Waals surface area (Å²) in [5, 5.41) is 0. The van der Waals surface area contributed by atoms with E-state index < -0.39 is 0 Å². The first-order valence-electron chi connectivity index (χ1n) is 13.1. The van der Waals surface area contributed by atoms with E-state index in [0.717, 1.165) is 48.4 Å². The fourth-order valence-electron chi connectivity index (χ4n) is 6.80. The molecule has 0 bridgehead atoms. The molecule has 0 saturated heterocycles. The third-order valence-electron chi connectivity index (χ3n) is 8.62. The molecule has 0 aliphatic heterocycles. The Balaban J connectivity index is 1.28. The van der Waals surface area contributed by atoms with Crippen LogP contribution in [0, 0.1) is 29.6 Å². The number of aryl methyl sites for hydroxylation is 1. The quantitative estimate of drug-likeness (QED) is 0.311. The number of hydrogen-bond acceptors (Lipinski definition) is 1. The Labute approximate surface area is 185 Å². The highest BCUT2D eigenvalue weighted by atomic mass is 16.5. The maximum Gasteiger partial charge on any atom is 0.119 e. The molecule has 166 valence electrons. The highest BCUT2D eigenvalue weighted by molar-refractivity contribution is 5.37. The lowest BCUT2D eigenvalue weighted by Gasteiger charge is -2.45. The van der Waals surface area contributed by atoms with Crippen LogP contribution < -0.4 is 4.74 Å². The van der Waals surface area contributed by atoms with Crippen LogP contribution in [0.25, 0.3) is 0 Å². The van der Waals surface area contributed by atoms with Crippen molar-refractivity contribution < 1.29 is 4.74 Å². The van der Waals surface area contributed by atoms with E-state index >= 15 is 0 Å². The van der Waals surface area contributed by atoms with Crippen LogP contribution in [0.15, 0.2) is 30.4 Å². The van der Waals surface area contributed by atoms with E-state index in [4.69, 9.17) is 4.74 Å². The summed E-state index contributed by atoms with van der Waals surface area (Å²) in [6.45, 7) is 5.24. The Bertz CT molecular complexity index is 690. The molecule has 2 fully saturated rings. The average Bonchev–Trinajstić information content (AvgIpc) is 2.78. The molecule has 5 atom stereocenters. The van der Waals surface area contributed by atoms with Gasteiger partial charge < -0.3 is 4.74 Å². The van der Waals surface area contributed by atoms with Gasteiger partial charge in [0.1, 0.15) is 5.75 Å². The fourth-order valence-corrected chi connectivity index (χ4v) is 6.80.